The summed E-state index contributed by atoms with van der Waals surface area (Å²) in [5, 5.41) is 3.47. The molecule has 114 valence electrons. The van der Waals surface area contributed by atoms with Crippen molar-refractivity contribution in [1.82, 2.24) is 10.2 Å². The van der Waals surface area contributed by atoms with Gasteiger partial charge in [-0.1, -0.05) is 32.0 Å². The van der Waals surface area contributed by atoms with Gasteiger partial charge in [0.25, 0.3) is 0 Å². The average Bonchev–Trinajstić information content (AvgIpc) is 2.39. The predicted octanol–water partition coefficient (Wildman–Crippen LogP) is 3.15. The van der Waals surface area contributed by atoms with E-state index >= 15 is 0 Å². The number of hydrogen-bond donors (Lipinski definition) is 1. The minimum absolute atomic E-state index is 0.557. The Bertz CT molecular complexity index is 377. The molecule has 0 aromatic heterocycles. The molecule has 0 atom stereocenters. The van der Waals surface area contributed by atoms with Crippen LogP contribution in [-0.2, 0) is 6.54 Å². The summed E-state index contributed by atoms with van der Waals surface area (Å²) in [4.78, 5) is 2.29. The molecule has 0 unspecified atom stereocenters. The number of ether oxygens (including phenoxy) is 1. The standard InChI is InChI=1S/C17H30N2O/c1-14(2)12-18-13-16-8-6-7-9-17(16)20-11-10-19(5)15(3)4/h6-9,14-15,18H,10-13H2,1-5H3. The van der Waals surface area contributed by atoms with Gasteiger partial charge in [-0.2, -0.15) is 0 Å². The summed E-state index contributed by atoms with van der Waals surface area (Å²) < 4.78 is 5.93. The molecule has 0 heterocycles. The highest BCUT2D eigenvalue weighted by molar-refractivity contribution is 5.33. The monoisotopic (exact) mass is 278 g/mol. The molecule has 1 aromatic rings. The van der Waals surface area contributed by atoms with Gasteiger partial charge in [0.2, 0.25) is 0 Å². The second kappa shape index (κ2) is 8.98. The van der Waals surface area contributed by atoms with Gasteiger partial charge in [-0.3, -0.25) is 0 Å². The fraction of sp³-hybridized carbons (Fsp3) is 0.647. The first kappa shape index (κ1) is 17.0. The largest absolute Gasteiger partial charge is 0.492 e. The molecule has 0 bridgehead atoms. The van der Waals surface area contributed by atoms with Crippen LogP contribution in [0.4, 0.5) is 0 Å². The van der Waals surface area contributed by atoms with Gasteiger partial charge in [-0.25, -0.2) is 0 Å². The molecule has 0 radical (unpaired) electrons. The van der Waals surface area contributed by atoms with Gasteiger partial charge in [-0.05, 0) is 39.4 Å². The Hall–Kier alpha value is -1.06. The Morgan fingerprint density at radius 3 is 2.50 bits per heavy atom. The summed E-state index contributed by atoms with van der Waals surface area (Å²) in [6.07, 6.45) is 0. The highest BCUT2D eigenvalue weighted by Crippen LogP contribution is 2.17. The highest BCUT2D eigenvalue weighted by Gasteiger charge is 2.06. The molecule has 1 rings (SSSR count). The van der Waals surface area contributed by atoms with Crippen molar-refractivity contribution in [3.05, 3.63) is 29.8 Å². The van der Waals surface area contributed by atoms with E-state index in [0.717, 1.165) is 32.0 Å². The molecule has 0 amide bonds. The SMILES string of the molecule is CC(C)CNCc1ccccc1OCCN(C)C(C)C. The van der Waals surface area contributed by atoms with Crippen LogP contribution in [0.2, 0.25) is 0 Å². The zero-order chi connectivity index (χ0) is 15.0. The zero-order valence-electron chi connectivity index (χ0n) is 13.6. The molecule has 0 saturated carbocycles. The summed E-state index contributed by atoms with van der Waals surface area (Å²) in [7, 11) is 2.13. The van der Waals surface area contributed by atoms with Crippen LogP contribution in [0.15, 0.2) is 24.3 Å². The Labute approximate surface area is 124 Å². The van der Waals surface area contributed by atoms with Crippen molar-refractivity contribution in [2.24, 2.45) is 5.92 Å². The molecule has 20 heavy (non-hydrogen) atoms. The van der Waals surface area contributed by atoms with E-state index in [1.807, 2.05) is 6.07 Å². The van der Waals surface area contributed by atoms with Crippen molar-refractivity contribution in [3.63, 3.8) is 0 Å². The van der Waals surface area contributed by atoms with E-state index in [2.05, 4.69) is 63.2 Å². The molecule has 0 aliphatic carbocycles. The van der Waals surface area contributed by atoms with Gasteiger partial charge >= 0.3 is 0 Å². The third kappa shape index (κ3) is 6.40. The molecule has 3 nitrogen and oxygen atoms in total. The van der Waals surface area contributed by atoms with Gasteiger partial charge in [0.15, 0.2) is 0 Å². The van der Waals surface area contributed by atoms with Crippen molar-refractivity contribution < 1.29 is 4.74 Å². The maximum Gasteiger partial charge on any atom is 0.123 e. The van der Waals surface area contributed by atoms with Gasteiger partial charge in [-0.15, -0.1) is 0 Å². The van der Waals surface area contributed by atoms with E-state index in [9.17, 15) is 0 Å². The van der Waals surface area contributed by atoms with Crippen molar-refractivity contribution in [2.75, 3.05) is 26.7 Å². The molecule has 1 N–H and O–H groups in total. The van der Waals surface area contributed by atoms with Crippen LogP contribution in [0.1, 0.15) is 33.3 Å². The smallest absolute Gasteiger partial charge is 0.123 e. The lowest BCUT2D eigenvalue weighted by molar-refractivity contribution is 0.207. The van der Waals surface area contributed by atoms with Crippen LogP contribution in [0, 0.1) is 5.92 Å². The summed E-state index contributed by atoms with van der Waals surface area (Å²) in [5.41, 5.74) is 1.24. The molecule has 0 saturated heterocycles. The Kier molecular flexibility index (Phi) is 7.63. The maximum atomic E-state index is 5.93. The molecule has 0 aliphatic heterocycles. The van der Waals surface area contributed by atoms with Gasteiger partial charge in [0, 0.05) is 24.7 Å². The van der Waals surface area contributed by atoms with Crippen LogP contribution in [0.3, 0.4) is 0 Å². The van der Waals surface area contributed by atoms with E-state index < -0.39 is 0 Å². The number of rotatable bonds is 9. The number of para-hydroxylation sites is 1. The molecule has 1 aromatic carbocycles. The van der Waals surface area contributed by atoms with E-state index in [1.165, 1.54) is 5.56 Å². The minimum atomic E-state index is 0.557. The topological polar surface area (TPSA) is 24.5 Å². The average molecular weight is 278 g/mol. The van der Waals surface area contributed by atoms with Crippen LogP contribution >= 0.6 is 0 Å². The second-order valence-electron chi connectivity index (χ2n) is 6.06. The molecule has 0 aliphatic rings. The van der Waals surface area contributed by atoms with Crippen molar-refractivity contribution in [2.45, 2.75) is 40.3 Å². The Morgan fingerprint density at radius 2 is 1.85 bits per heavy atom. The van der Waals surface area contributed by atoms with Crippen molar-refractivity contribution >= 4 is 0 Å². The van der Waals surface area contributed by atoms with Crippen LogP contribution in [0.5, 0.6) is 5.75 Å². The highest BCUT2D eigenvalue weighted by atomic mass is 16.5. The number of benzene rings is 1. The third-order valence-corrected chi connectivity index (χ3v) is 3.42. The predicted molar refractivity (Wildman–Crippen MR) is 86.2 cm³/mol. The first-order chi connectivity index (χ1) is 9.50. The lowest BCUT2D eigenvalue weighted by Gasteiger charge is -2.21. The molecular weight excluding hydrogens is 248 g/mol. The van der Waals surface area contributed by atoms with Crippen LogP contribution in [0.25, 0.3) is 0 Å². The summed E-state index contributed by atoms with van der Waals surface area (Å²) in [5.74, 6) is 1.67. The zero-order valence-corrected chi connectivity index (χ0v) is 13.6. The fourth-order valence-corrected chi connectivity index (χ4v) is 1.84. The summed E-state index contributed by atoms with van der Waals surface area (Å²) in [6.45, 7) is 12.4. The first-order valence-corrected chi connectivity index (χ1v) is 7.62. The normalized spacial score (nSPS) is 11.6. The quantitative estimate of drug-likeness (QED) is 0.751. The number of likely N-dealkylation sites (N-methyl/N-ethyl adjacent to an activating group) is 1. The number of nitrogens with zero attached hydrogens (tertiary/aromatic N) is 1. The Balaban J connectivity index is 2.44. The Morgan fingerprint density at radius 1 is 1.15 bits per heavy atom. The van der Waals surface area contributed by atoms with Crippen molar-refractivity contribution in [1.29, 1.82) is 0 Å². The lowest BCUT2D eigenvalue weighted by atomic mass is 10.2. The third-order valence-electron chi connectivity index (χ3n) is 3.42. The second-order valence-corrected chi connectivity index (χ2v) is 6.06. The molecular formula is C17H30N2O. The van der Waals surface area contributed by atoms with Crippen LogP contribution in [-0.4, -0.2) is 37.7 Å². The van der Waals surface area contributed by atoms with E-state index in [1.54, 1.807) is 0 Å². The fourth-order valence-electron chi connectivity index (χ4n) is 1.84. The van der Waals surface area contributed by atoms with E-state index in [0.29, 0.717) is 12.0 Å². The van der Waals surface area contributed by atoms with Gasteiger partial charge in [0.1, 0.15) is 12.4 Å². The molecule has 0 fully saturated rings. The number of nitrogens with one attached hydrogen (secondary N) is 1. The lowest BCUT2D eigenvalue weighted by Crippen LogP contribution is -2.30. The molecule has 0 spiro atoms. The summed E-state index contributed by atoms with van der Waals surface area (Å²) >= 11 is 0. The maximum absolute atomic E-state index is 5.93. The minimum Gasteiger partial charge on any atom is -0.492 e. The van der Waals surface area contributed by atoms with Crippen molar-refractivity contribution in [3.8, 4) is 5.75 Å². The van der Waals surface area contributed by atoms with Gasteiger partial charge in [0.05, 0.1) is 0 Å². The van der Waals surface area contributed by atoms with E-state index in [4.69, 9.17) is 4.74 Å². The number of hydrogen-bond acceptors (Lipinski definition) is 3. The van der Waals surface area contributed by atoms with Gasteiger partial charge < -0.3 is 15.0 Å². The van der Waals surface area contributed by atoms with Crippen LogP contribution < -0.4 is 10.1 Å². The summed E-state index contributed by atoms with van der Waals surface area (Å²) in [6, 6.07) is 8.85. The molecule has 3 heteroatoms. The first-order valence-electron chi connectivity index (χ1n) is 7.62. The van der Waals surface area contributed by atoms with E-state index in [-0.39, 0.29) is 0 Å².